The molecule has 0 spiro atoms. The molecule has 0 aromatic carbocycles. The molecule has 0 aromatic rings. The average molecular weight is 191 g/mol. The normalized spacial score (nSPS) is 14.3. The third-order valence-electron chi connectivity index (χ3n) is 1.99. The molecule has 0 saturated heterocycles. The first kappa shape index (κ1) is 11.6. The van der Waals surface area contributed by atoms with Gasteiger partial charge in [-0.15, -0.1) is 0 Å². The lowest BCUT2D eigenvalue weighted by Crippen LogP contribution is -2.17. The van der Waals surface area contributed by atoms with Gasteiger partial charge in [0.05, 0.1) is 6.07 Å². The average Bonchev–Trinajstić information content (AvgIpc) is 1.97. The smallest absolute Gasteiger partial charge is 0.324 e. The van der Waals surface area contributed by atoms with Crippen molar-refractivity contribution in [2.45, 2.75) is 32.3 Å². The Morgan fingerprint density at radius 1 is 1.42 bits per heavy atom. The number of nitrogens with zero attached hydrogens (tertiary/aromatic N) is 1. The predicted octanol–water partition coefficient (Wildman–Crippen LogP) is 1.49. The molecule has 0 aliphatic heterocycles. The Hall–Kier alpha value is -0.360. The quantitative estimate of drug-likeness (QED) is 0.659. The van der Waals surface area contributed by atoms with Crippen LogP contribution in [0.25, 0.3) is 0 Å². The van der Waals surface area contributed by atoms with Crippen LogP contribution in [-0.4, -0.2) is 15.4 Å². The first-order valence-electron chi connectivity index (χ1n) is 3.92. The van der Waals surface area contributed by atoms with Gasteiger partial charge in [0.25, 0.3) is 0 Å². The monoisotopic (exact) mass is 191 g/mol. The number of hydrogen-bond donors (Lipinski definition) is 2. The first-order chi connectivity index (χ1) is 5.47. The van der Waals surface area contributed by atoms with Crippen molar-refractivity contribution in [3.05, 3.63) is 0 Å². The zero-order valence-corrected chi connectivity index (χ0v) is 8.16. The van der Waals surface area contributed by atoms with Gasteiger partial charge in [-0.2, -0.15) is 5.26 Å². The highest BCUT2D eigenvalue weighted by atomic mass is 31.2. The van der Waals surface area contributed by atoms with Gasteiger partial charge in [0.15, 0.2) is 5.66 Å². The highest BCUT2D eigenvalue weighted by molar-refractivity contribution is 7.52. The standard InChI is InChI=1S/C7H14NO3P/c1-3-6(4-2)7(5-8)12(9,10)11/h6-7H,3-4H2,1-2H3,(H2,9,10,11). The van der Waals surface area contributed by atoms with Gasteiger partial charge in [0.1, 0.15) is 0 Å². The first-order valence-corrected chi connectivity index (χ1v) is 5.60. The summed E-state index contributed by atoms with van der Waals surface area (Å²) in [6.45, 7) is 3.66. The van der Waals surface area contributed by atoms with Crippen LogP contribution >= 0.6 is 7.60 Å². The van der Waals surface area contributed by atoms with Gasteiger partial charge < -0.3 is 9.79 Å². The van der Waals surface area contributed by atoms with Crippen LogP contribution < -0.4 is 0 Å². The molecule has 0 aromatic heterocycles. The summed E-state index contributed by atoms with van der Waals surface area (Å²) in [6, 6.07) is 1.68. The van der Waals surface area contributed by atoms with E-state index in [0.717, 1.165) is 0 Å². The van der Waals surface area contributed by atoms with Crippen molar-refractivity contribution in [2.24, 2.45) is 5.92 Å². The largest absolute Gasteiger partial charge is 0.342 e. The summed E-state index contributed by atoms with van der Waals surface area (Å²) >= 11 is 0. The summed E-state index contributed by atoms with van der Waals surface area (Å²) in [6.07, 6.45) is 1.25. The van der Waals surface area contributed by atoms with E-state index in [-0.39, 0.29) is 5.92 Å². The van der Waals surface area contributed by atoms with Gasteiger partial charge >= 0.3 is 7.60 Å². The summed E-state index contributed by atoms with van der Waals surface area (Å²) in [5, 5.41) is 8.55. The molecule has 2 N–H and O–H groups in total. The maximum Gasteiger partial charge on any atom is 0.342 e. The molecule has 0 amide bonds. The van der Waals surface area contributed by atoms with Crippen molar-refractivity contribution in [3.8, 4) is 6.07 Å². The molecule has 0 aliphatic rings. The minimum Gasteiger partial charge on any atom is -0.324 e. The van der Waals surface area contributed by atoms with Crippen molar-refractivity contribution in [1.82, 2.24) is 0 Å². The highest BCUT2D eigenvalue weighted by Gasteiger charge is 2.34. The molecule has 0 radical (unpaired) electrons. The maximum absolute atomic E-state index is 10.8. The molecule has 0 bridgehead atoms. The predicted molar refractivity (Wildman–Crippen MR) is 45.5 cm³/mol. The highest BCUT2D eigenvalue weighted by Crippen LogP contribution is 2.46. The van der Waals surface area contributed by atoms with Crippen LogP contribution in [0.3, 0.4) is 0 Å². The molecule has 0 fully saturated rings. The fourth-order valence-corrected chi connectivity index (χ4v) is 2.31. The zero-order chi connectivity index (χ0) is 9.78. The molecule has 5 heteroatoms. The van der Waals surface area contributed by atoms with Crippen molar-refractivity contribution < 1.29 is 14.4 Å². The van der Waals surface area contributed by atoms with Gasteiger partial charge in [-0.3, -0.25) is 4.57 Å². The van der Waals surface area contributed by atoms with E-state index in [1.54, 1.807) is 6.07 Å². The van der Waals surface area contributed by atoms with Crippen molar-refractivity contribution >= 4 is 7.60 Å². The van der Waals surface area contributed by atoms with Crippen LogP contribution in [0.5, 0.6) is 0 Å². The molecule has 1 unspecified atom stereocenters. The van der Waals surface area contributed by atoms with Crippen LogP contribution in [0, 0.1) is 17.2 Å². The Labute approximate surface area is 72.4 Å². The molecular weight excluding hydrogens is 177 g/mol. The Morgan fingerprint density at radius 3 is 1.92 bits per heavy atom. The molecule has 12 heavy (non-hydrogen) atoms. The Bertz CT molecular complexity index is 213. The van der Waals surface area contributed by atoms with Gasteiger partial charge in [0, 0.05) is 0 Å². The lowest BCUT2D eigenvalue weighted by Gasteiger charge is -2.19. The zero-order valence-electron chi connectivity index (χ0n) is 7.27. The summed E-state index contributed by atoms with van der Waals surface area (Å²) in [7, 11) is -4.23. The molecule has 0 rings (SSSR count). The summed E-state index contributed by atoms with van der Waals surface area (Å²) in [5.41, 5.74) is -1.13. The van der Waals surface area contributed by atoms with Crippen LogP contribution in [0.4, 0.5) is 0 Å². The van der Waals surface area contributed by atoms with Crippen LogP contribution in [0.15, 0.2) is 0 Å². The summed E-state index contributed by atoms with van der Waals surface area (Å²) < 4.78 is 10.8. The van der Waals surface area contributed by atoms with Gasteiger partial charge in [-0.1, -0.05) is 26.7 Å². The van der Waals surface area contributed by atoms with Crippen LogP contribution in [0.2, 0.25) is 0 Å². The second-order valence-corrected chi connectivity index (χ2v) is 4.47. The minimum absolute atomic E-state index is 0.198. The fourth-order valence-electron chi connectivity index (χ4n) is 1.19. The maximum atomic E-state index is 10.8. The molecule has 4 nitrogen and oxygen atoms in total. The Kier molecular flexibility index (Phi) is 4.47. The molecular formula is C7H14NO3P. The third-order valence-corrected chi connectivity index (χ3v) is 3.25. The van der Waals surface area contributed by atoms with Crippen molar-refractivity contribution in [1.29, 1.82) is 5.26 Å². The van der Waals surface area contributed by atoms with Crippen molar-refractivity contribution in [3.63, 3.8) is 0 Å². The molecule has 0 heterocycles. The van der Waals surface area contributed by atoms with Gasteiger partial charge in [0.2, 0.25) is 0 Å². The SMILES string of the molecule is CCC(CC)C(C#N)P(=O)(O)O. The van der Waals surface area contributed by atoms with Crippen LogP contribution in [0.1, 0.15) is 26.7 Å². The molecule has 70 valence electrons. The third kappa shape index (κ3) is 2.94. The van der Waals surface area contributed by atoms with E-state index in [0.29, 0.717) is 12.8 Å². The van der Waals surface area contributed by atoms with Gasteiger partial charge in [-0.05, 0) is 5.92 Å². The second kappa shape index (κ2) is 4.61. The number of nitriles is 1. The molecule has 0 aliphatic carbocycles. The second-order valence-electron chi connectivity index (χ2n) is 2.74. The fraction of sp³-hybridized carbons (Fsp3) is 0.857. The molecule has 1 atom stereocenters. The Morgan fingerprint density at radius 2 is 1.83 bits per heavy atom. The minimum atomic E-state index is -4.23. The van der Waals surface area contributed by atoms with E-state index in [9.17, 15) is 4.57 Å². The topological polar surface area (TPSA) is 81.3 Å². The Balaban J connectivity index is 4.57. The van der Waals surface area contributed by atoms with Crippen molar-refractivity contribution in [2.75, 3.05) is 0 Å². The van der Waals surface area contributed by atoms with Gasteiger partial charge in [-0.25, -0.2) is 0 Å². The van der Waals surface area contributed by atoms with E-state index < -0.39 is 13.3 Å². The summed E-state index contributed by atoms with van der Waals surface area (Å²) in [4.78, 5) is 17.6. The lowest BCUT2D eigenvalue weighted by atomic mass is 10.00. The van der Waals surface area contributed by atoms with E-state index in [4.69, 9.17) is 15.0 Å². The lowest BCUT2D eigenvalue weighted by molar-refractivity contribution is 0.342. The number of rotatable bonds is 4. The van der Waals surface area contributed by atoms with E-state index in [1.807, 2.05) is 13.8 Å². The summed E-state index contributed by atoms with van der Waals surface area (Å²) in [5.74, 6) is -0.198. The van der Waals surface area contributed by atoms with E-state index in [1.165, 1.54) is 0 Å². The number of hydrogen-bond acceptors (Lipinski definition) is 2. The van der Waals surface area contributed by atoms with Crippen LogP contribution in [-0.2, 0) is 4.57 Å². The molecule has 0 saturated carbocycles. The van der Waals surface area contributed by atoms with E-state index in [2.05, 4.69) is 0 Å². The van der Waals surface area contributed by atoms with E-state index >= 15 is 0 Å².